The van der Waals surface area contributed by atoms with Gasteiger partial charge in [-0.25, -0.2) is 23.2 Å². The molecular weight excluding hydrogens is 639 g/mol. The van der Waals surface area contributed by atoms with Gasteiger partial charge in [0.2, 0.25) is 0 Å². The molecule has 10 N–H and O–H groups in total. The zero-order valence-electron chi connectivity index (χ0n) is 20.9. The van der Waals surface area contributed by atoms with Crippen LogP contribution in [0.1, 0.15) is 11.0 Å². The number of ether oxygens (including phenoxy) is 2. The van der Waals surface area contributed by atoms with E-state index in [0.29, 0.717) is 15.9 Å². The summed E-state index contributed by atoms with van der Waals surface area (Å²) in [7, 11) is -3.89. The van der Waals surface area contributed by atoms with Crippen LogP contribution in [0.2, 0.25) is 0 Å². The molecule has 18 nitrogen and oxygen atoms in total. The lowest BCUT2D eigenvalue weighted by Crippen LogP contribution is -2.60. The van der Waals surface area contributed by atoms with E-state index in [4.69, 9.17) is 36.6 Å². The van der Waals surface area contributed by atoms with E-state index >= 15 is 0 Å². The number of nitrogens with two attached hydrogens (primary N) is 1. The van der Waals surface area contributed by atoms with Crippen LogP contribution in [0.5, 0.6) is 0 Å². The topological polar surface area (TPSA) is 282 Å². The Labute approximate surface area is 239 Å². The van der Waals surface area contributed by atoms with Crippen molar-refractivity contribution in [1.82, 2.24) is 19.7 Å². The van der Waals surface area contributed by atoms with Gasteiger partial charge < -0.3 is 60.4 Å². The van der Waals surface area contributed by atoms with Gasteiger partial charge in [-0.3, -0.25) is 4.52 Å². The Bertz CT molecular complexity index is 1320. The van der Waals surface area contributed by atoms with Crippen LogP contribution in [0.25, 0.3) is 11.0 Å². The van der Waals surface area contributed by atoms with Crippen molar-refractivity contribution in [2.24, 2.45) is 0 Å². The number of rotatable bonds is 11. The summed E-state index contributed by atoms with van der Waals surface area (Å²) in [5.41, 5.74) is 6.58. The minimum Gasteiger partial charge on any atom is -0.393 e. The summed E-state index contributed by atoms with van der Waals surface area (Å²) in [4.78, 5) is 29.1. The molecule has 2 aliphatic rings. The SMILES string of the molecule is CN[C@@H]1[C@H](O)[C@@H](COP(O)(=S)OP(=O)(O)OC2OC([C@@H](F)CO)C(O)C(O)C2O)O[C@H]1c1snc2c(N)ncnc12. The first kappa shape index (κ1) is 33.0. The molecule has 2 aromatic heterocycles. The molecule has 2 aliphatic heterocycles. The highest BCUT2D eigenvalue weighted by Gasteiger charge is 2.51. The molecule has 2 saturated heterocycles. The van der Waals surface area contributed by atoms with E-state index in [-0.39, 0.29) is 5.82 Å². The molecule has 2 fully saturated rings. The molecule has 232 valence electrons. The number of anilines is 1. The van der Waals surface area contributed by atoms with Crippen molar-refractivity contribution >= 4 is 54.7 Å². The van der Waals surface area contributed by atoms with Crippen LogP contribution in [0.3, 0.4) is 0 Å². The average molecular weight is 668 g/mol. The van der Waals surface area contributed by atoms with E-state index < -0.39 is 89.0 Å². The minimum absolute atomic E-state index is 0.149. The molecule has 0 aromatic carbocycles. The molecular formula is C18H28FN5O13P2S2. The first-order valence-electron chi connectivity index (χ1n) is 11.7. The molecule has 0 bridgehead atoms. The summed E-state index contributed by atoms with van der Waals surface area (Å²) in [6.07, 6.45) is -14.7. The Morgan fingerprint density at radius 2 is 1.88 bits per heavy atom. The number of likely N-dealkylation sites (N-methyl/N-ethyl adjacent to an activating group) is 1. The van der Waals surface area contributed by atoms with Gasteiger partial charge in [-0.15, -0.1) is 0 Å². The second-order valence-electron chi connectivity index (χ2n) is 8.96. The van der Waals surface area contributed by atoms with Crippen molar-refractivity contribution in [3.63, 3.8) is 0 Å². The third-order valence-electron chi connectivity index (χ3n) is 6.29. The van der Waals surface area contributed by atoms with Gasteiger partial charge >= 0.3 is 14.5 Å². The number of nitrogens with one attached hydrogen (secondary N) is 1. The molecule has 23 heteroatoms. The fraction of sp³-hybridized carbons (Fsp3) is 0.722. The summed E-state index contributed by atoms with van der Waals surface area (Å²) in [5.74, 6) is 0.149. The zero-order chi connectivity index (χ0) is 30.3. The average Bonchev–Trinajstić information content (AvgIpc) is 3.47. The molecule has 41 heavy (non-hydrogen) atoms. The maximum atomic E-state index is 13.9. The minimum atomic E-state index is -5.45. The molecule has 4 heterocycles. The van der Waals surface area contributed by atoms with Crippen molar-refractivity contribution in [2.45, 2.75) is 61.2 Å². The monoisotopic (exact) mass is 667 g/mol. The molecule has 0 radical (unpaired) electrons. The van der Waals surface area contributed by atoms with Crippen LogP contribution < -0.4 is 11.1 Å². The summed E-state index contributed by atoms with van der Waals surface area (Å²) in [6.45, 7) is -6.41. The van der Waals surface area contributed by atoms with Crippen LogP contribution >= 0.6 is 26.1 Å². The van der Waals surface area contributed by atoms with Crippen molar-refractivity contribution in [3.05, 3.63) is 11.2 Å². The largest absolute Gasteiger partial charge is 0.481 e. The van der Waals surface area contributed by atoms with Crippen LogP contribution in [0.15, 0.2) is 6.33 Å². The van der Waals surface area contributed by atoms with Crippen molar-refractivity contribution in [3.8, 4) is 0 Å². The first-order valence-corrected chi connectivity index (χ1v) is 16.6. The Kier molecular flexibility index (Phi) is 10.4. The predicted molar refractivity (Wildman–Crippen MR) is 139 cm³/mol. The van der Waals surface area contributed by atoms with Crippen LogP contribution in [0.4, 0.5) is 10.2 Å². The van der Waals surface area contributed by atoms with E-state index in [1.807, 2.05) is 0 Å². The summed E-state index contributed by atoms with van der Waals surface area (Å²) < 4.78 is 55.8. The molecule has 7 unspecified atom stereocenters. The predicted octanol–water partition coefficient (Wildman–Crippen LogP) is -2.44. The number of phosphoric acid groups is 1. The number of alkyl halides is 1. The fourth-order valence-electron chi connectivity index (χ4n) is 4.27. The Morgan fingerprint density at radius 3 is 2.54 bits per heavy atom. The standard InChI is InChI=1S/C18H28FN5O13P2S2/c1-21-9-10(26)6(34-15(9)16-7-8(24-41-16)17(20)23-4-22-7)3-33-39(32,40)37-38(30,31)36-18-13(29)11(27)12(28)14(35-18)5(19)2-25/h4-6,9-15,18,21,25-29H,2-3H2,1H3,(H,30,31)(H,32,40)(H2,20,22,23)/t5-,6+,9+,10+,11?,12?,13?,14?,15+,18?,39?/m0/s1. The number of nitrogen functional groups attached to an aromatic ring is 1. The van der Waals surface area contributed by atoms with Gasteiger partial charge in [0.05, 0.1) is 24.1 Å². The van der Waals surface area contributed by atoms with E-state index in [1.165, 1.54) is 6.33 Å². The molecule has 12 atom stereocenters. The highest BCUT2D eigenvalue weighted by molar-refractivity contribution is 8.08. The Balaban J connectivity index is 1.40. The Hall–Kier alpha value is -0.940. The van der Waals surface area contributed by atoms with Crippen molar-refractivity contribution in [1.29, 1.82) is 0 Å². The van der Waals surface area contributed by atoms with E-state index in [9.17, 15) is 39.2 Å². The lowest BCUT2D eigenvalue weighted by Gasteiger charge is -2.41. The third kappa shape index (κ3) is 7.08. The summed E-state index contributed by atoms with van der Waals surface area (Å²) >= 11 is 5.79. The van der Waals surface area contributed by atoms with Gasteiger partial charge in [0.15, 0.2) is 18.3 Å². The maximum Gasteiger partial charge on any atom is 0.481 e. The second-order valence-corrected chi connectivity index (χ2v) is 14.1. The second kappa shape index (κ2) is 13.0. The molecule has 0 aliphatic carbocycles. The van der Waals surface area contributed by atoms with Gasteiger partial charge in [0, 0.05) is 0 Å². The molecule has 0 amide bonds. The molecule has 2 aromatic rings. The van der Waals surface area contributed by atoms with Gasteiger partial charge in [0.25, 0.3) is 0 Å². The van der Waals surface area contributed by atoms with Gasteiger partial charge in [-0.05, 0) is 30.4 Å². The fourth-order valence-corrected chi connectivity index (χ4v) is 8.28. The van der Waals surface area contributed by atoms with E-state index in [2.05, 4.69) is 28.5 Å². The molecule has 4 rings (SSSR count). The summed E-state index contributed by atoms with van der Waals surface area (Å²) in [6, 6.07) is -0.717. The highest BCUT2D eigenvalue weighted by Crippen LogP contribution is 2.62. The number of halogens is 1. The maximum absolute atomic E-state index is 13.9. The first-order chi connectivity index (χ1) is 19.2. The van der Waals surface area contributed by atoms with Crippen LogP contribution in [-0.2, 0) is 39.2 Å². The lowest BCUT2D eigenvalue weighted by molar-refractivity contribution is -0.287. The number of aliphatic hydroxyl groups is 5. The quantitative estimate of drug-likeness (QED) is 0.113. The smallest absolute Gasteiger partial charge is 0.393 e. The number of nitrogens with zero attached hydrogens (tertiary/aromatic N) is 3. The van der Waals surface area contributed by atoms with Gasteiger partial charge in [0.1, 0.15) is 60.1 Å². The number of fused-ring (bicyclic) bond motifs is 1. The number of hydrogen-bond acceptors (Lipinski definition) is 18. The van der Waals surface area contributed by atoms with Crippen LogP contribution in [0, 0.1) is 0 Å². The molecule has 0 saturated carbocycles. The van der Waals surface area contributed by atoms with Crippen LogP contribution in [-0.4, -0.2) is 125 Å². The number of aromatic nitrogens is 3. The summed E-state index contributed by atoms with van der Waals surface area (Å²) in [5, 5.41) is 52.5. The van der Waals surface area contributed by atoms with Gasteiger partial charge in [-0.1, -0.05) is 0 Å². The van der Waals surface area contributed by atoms with Crippen molar-refractivity contribution < 1.29 is 67.1 Å². The normalized spacial score (nSPS) is 36.2. The van der Waals surface area contributed by atoms with E-state index in [1.54, 1.807) is 7.05 Å². The number of aliphatic hydroxyl groups excluding tert-OH is 5. The lowest BCUT2D eigenvalue weighted by atomic mass is 9.96. The van der Waals surface area contributed by atoms with Crippen molar-refractivity contribution in [2.75, 3.05) is 26.0 Å². The third-order valence-corrected chi connectivity index (χ3v) is 10.7. The number of phosphoric ester groups is 1. The van der Waals surface area contributed by atoms with Gasteiger partial charge in [-0.2, -0.15) is 4.37 Å². The van der Waals surface area contributed by atoms with E-state index in [0.717, 1.165) is 11.5 Å². The highest BCUT2D eigenvalue weighted by atomic mass is 32.5. The Morgan fingerprint density at radius 1 is 1.17 bits per heavy atom. The number of hydrogen-bond donors (Lipinski definition) is 9. The zero-order valence-corrected chi connectivity index (χ0v) is 24.3. The molecule has 0 spiro atoms.